The number of nitrogen functional groups attached to an aromatic ring is 1. The Morgan fingerprint density at radius 2 is 2.12 bits per heavy atom. The van der Waals surface area contributed by atoms with Crippen molar-refractivity contribution >= 4 is 33.4 Å². The smallest absolute Gasteiger partial charge is 0.223 e. The van der Waals surface area contributed by atoms with E-state index in [4.69, 9.17) is 10.5 Å². The van der Waals surface area contributed by atoms with E-state index >= 15 is 0 Å². The number of hydrogen-bond acceptors (Lipinski definition) is 5. The van der Waals surface area contributed by atoms with Crippen molar-refractivity contribution in [1.29, 1.82) is 0 Å². The summed E-state index contributed by atoms with van der Waals surface area (Å²) in [6, 6.07) is 7.21. The second-order valence-corrected chi connectivity index (χ2v) is 4.93. The van der Waals surface area contributed by atoms with Gasteiger partial charge in [-0.1, -0.05) is 15.9 Å². The lowest BCUT2D eigenvalue weighted by atomic mass is 10.3. The Balaban J connectivity index is 2.25. The van der Waals surface area contributed by atoms with Crippen LogP contribution in [0.3, 0.4) is 0 Å². The van der Waals surface area contributed by atoms with Crippen molar-refractivity contribution in [2.24, 2.45) is 0 Å². The number of anilines is 1. The monoisotopic (exact) mass is 311 g/mol. The molecule has 1 aromatic heterocycles. The number of nitrogens with zero attached hydrogens (tertiary/aromatic N) is 2. The molecule has 0 spiro atoms. The third kappa shape index (κ3) is 3.10. The summed E-state index contributed by atoms with van der Waals surface area (Å²) in [6.07, 6.45) is 3.41. The summed E-state index contributed by atoms with van der Waals surface area (Å²) >= 11 is 4.87. The molecule has 88 valence electrons. The summed E-state index contributed by atoms with van der Waals surface area (Å²) < 4.78 is 6.51. The molecular formula is C11H10BrN3OS. The number of rotatable bonds is 3. The van der Waals surface area contributed by atoms with Crippen LogP contribution in [0.2, 0.25) is 0 Å². The third-order valence-electron chi connectivity index (χ3n) is 2.01. The topological polar surface area (TPSA) is 61.0 Å². The molecule has 1 heterocycles. The van der Waals surface area contributed by atoms with Gasteiger partial charge in [0.05, 0.1) is 5.69 Å². The van der Waals surface area contributed by atoms with E-state index in [9.17, 15) is 0 Å². The first-order chi connectivity index (χ1) is 8.19. The Kier molecular flexibility index (Phi) is 3.86. The van der Waals surface area contributed by atoms with Gasteiger partial charge >= 0.3 is 0 Å². The van der Waals surface area contributed by atoms with Crippen LogP contribution in [0.4, 0.5) is 5.69 Å². The molecule has 0 bridgehead atoms. The lowest BCUT2D eigenvalue weighted by Crippen LogP contribution is -1.94. The van der Waals surface area contributed by atoms with E-state index in [-0.39, 0.29) is 0 Å². The molecule has 17 heavy (non-hydrogen) atoms. The van der Waals surface area contributed by atoms with Gasteiger partial charge in [0.15, 0.2) is 5.75 Å². The van der Waals surface area contributed by atoms with Crippen molar-refractivity contribution in [3.63, 3.8) is 0 Å². The van der Waals surface area contributed by atoms with Crippen LogP contribution in [0.25, 0.3) is 0 Å². The van der Waals surface area contributed by atoms with Crippen molar-refractivity contribution in [3.8, 4) is 11.6 Å². The minimum Gasteiger partial charge on any atom is -0.437 e. The largest absolute Gasteiger partial charge is 0.437 e. The molecule has 0 unspecified atom stereocenters. The molecule has 0 saturated carbocycles. The highest BCUT2D eigenvalue weighted by molar-refractivity contribution is 9.10. The van der Waals surface area contributed by atoms with E-state index < -0.39 is 0 Å². The summed E-state index contributed by atoms with van der Waals surface area (Å²) in [5.74, 6) is 1.07. The Bertz CT molecular complexity index is 536. The lowest BCUT2D eigenvalue weighted by molar-refractivity contribution is 0.461. The summed E-state index contributed by atoms with van der Waals surface area (Å²) in [5, 5.41) is 0.852. The minimum absolute atomic E-state index is 0.485. The molecule has 0 aliphatic rings. The highest BCUT2D eigenvalue weighted by Crippen LogP contribution is 2.29. The van der Waals surface area contributed by atoms with Gasteiger partial charge < -0.3 is 10.5 Å². The van der Waals surface area contributed by atoms with Crippen LogP contribution in [-0.4, -0.2) is 16.2 Å². The van der Waals surface area contributed by atoms with Crippen molar-refractivity contribution < 1.29 is 4.74 Å². The van der Waals surface area contributed by atoms with E-state index in [1.54, 1.807) is 18.2 Å². The van der Waals surface area contributed by atoms with Gasteiger partial charge in [-0.3, -0.25) is 0 Å². The first-order valence-corrected chi connectivity index (χ1v) is 6.80. The molecule has 2 aromatic rings. The quantitative estimate of drug-likeness (QED) is 0.535. The van der Waals surface area contributed by atoms with Crippen LogP contribution in [0.1, 0.15) is 0 Å². The number of aromatic nitrogens is 2. The van der Waals surface area contributed by atoms with Gasteiger partial charge in [0.1, 0.15) is 11.4 Å². The summed E-state index contributed by atoms with van der Waals surface area (Å²) in [7, 11) is 0. The standard InChI is InChI=1S/C11H10BrN3OS/c1-17-11-5-10(14-6-15-11)16-9-3-2-7(12)4-8(9)13/h2-6H,13H2,1H3. The second kappa shape index (κ2) is 5.37. The van der Waals surface area contributed by atoms with Crippen molar-refractivity contribution in [3.05, 3.63) is 35.1 Å². The first-order valence-electron chi connectivity index (χ1n) is 4.78. The van der Waals surface area contributed by atoms with Crippen LogP contribution >= 0.6 is 27.7 Å². The highest BCUT2D eigenvalue weighted by atomic mass is 79.9. The van der Waals surface area contributed by atoms with Gasteiger partial charge in [-0.05, 0) is 24.5 Å². The van der Waals surface area contributed by atoms with Crippen LogP contribution < -0.4 is 10.5 Å². The van der Waals surface area contributed by atoms with E-state index in [0.29, 0.717) is 17.3 Å². The normalized spacial score (nSPS) is 10.2. The van der Waals surface area contributed by atoms with Crippen LogP contribution in [0.15, 0.2) is 40.1 Å². The molecular weight excluding hydrogens is 302 g/mol. The fraction of sp³-hybridized carbons (Fsp3) is 0.0909. The SMILES string of the molecule is CSc1cc(Oc2ccc(Br)cc2N)ncn1. The predicted molar refractivity (Wildman–Crippen MR) is 72.4 cm³/mol. The molecule has 0 radical (unpaired) electrons. The minimum atomic E-state index is 0.485. The van der Waals surface area contributed by atoms with E-state index in [2.05, 4.69) is 25.9 Å². The Labute approximate surface area is 112 Å². The number of nitrogens with two attached hydrogens (primary N) is 1. The van der Waals surface area contributed by atoms with Gasteiger partial charge in [0, 0.05) is 10.5 Å². The van der Waals surface area contributed by atoms with Crippen molar-refractivity contribution in [2.45, 2.75) is 5.03 Å². The number of halogens is 1. The molecule has 0 atom stereocenters. The van der Waals surface area contributed by atoms with Crippen molar-refractivity contribution in [2.75, 3.05) is 12.0 Å². The summed E-state index contributed by atoms with van der Waals surface area (Å²) in [6.45, 7) is 0. The van der Waals surface area contributed by atoms with Crippen LogP contribution in [-0.2, 0) is 0 Å². The number of ether oxygens (including phenoxy) is 1. The van der Waals surface area contributed by atoms with Gasteiger partial charge in [0.2, 0.25) is 5.88 Å². The molecule has 1 aromatic carbocycles. The third-order valence-corrected chi connectivity index (χ3v) is 3.15. The fourth-order valence-corrected chi connectivity index (χ4v) is 1.97. The maximum atomic E-state index is 5.84. The van der Waals surface area contributed by atoms with Gasteiger partial charge in [-0.2, -0.15) is 0 Å². The molecule has 4 nitrogen and oxygen atoms in total. The van der Waals surface area contributed by atoms with Crippen molar-refractivity contribution in [1.82, 2.24) is 9.97 Å². The first kappa shape index (κ1) is 12.2. The Morgan fingerprint density at radius 1 is 1.29 bits per heavy atom. The lowest BCUT2D eigenvalue weighted by Gasteiger charge is -2.07. The maximum Gasteiger partial charge on any atom is 0.223 e. The zero-order valence-electron chi connectivity index (χ0n) is 9.05. The molecule has 2 rings (SSSR count). The molecule has 6 heteroatoms. The Hall–Kier alpha value is -1.27. The molecule has 0 aliphatic heterocycles. The zero-order valence-corrected chi connectivity index (χ0v) is 11.5. The fourth-order valence-electron chi connectivity index (χ4n) is 1.22. The number of thioether (sulfide) groups is 1. The average Bonchev–Trinajstić information content (AvgIpc) is 2.33. The zero-order chi connectivity index (χ0) is 12.3. The molecule has 2 N–H and O–H groups in total. The average molecular weight is 312 g/mol. The number of benzene rings is 1. The van der Waals surface area contributed by atoms with E-state index in [1.807, 2.05) is 12.3 Å². The maximum absolute atomic E-state index is 5.84. The summed E-state index contributed by atoms with van der Waals surface area (Å²) in [5.41, 5.74) is 6.40. The van der Waals surface area contributed by atoms with Crippen LogP contribution in [0.5, 0.6) is 11.6 Å². The van der Waals surface area contributed by atoms with Gasteiger partial charge in [-0.25, -0.2) is 9.97 Å². The van der Waals surface area contributed by atoms with Gasteiger partial charge in [-0.15, -0.1) is 11.8 Å². The highest BCUT2D eigenvalue weighted by Gasteiger charge is 2.04. The summed E-state index contributed by atoms with van der Waals surface area (Å²) in [4.78, 5) is 8.10. The predicted octanol–water partition coefficient (Wildman–Crippen LogP) is 3.34. The van der Waals surface area contributed by atoms with Gasteiger partial charge in [0.25, 0.3) is 0 Å². The number of hydrogen-bond donors (Lipinski definition) is 1. The molecule has 0 saturated heterocycles. The Morgan fingerprint density at radius 3 is 2.82 bits per heavy atom. The second-order valence-electron chi connectivity index (χ2n) is 3.18. The van der Waals surface area contributed by atoms with E-state index in [1.165, 1.54) is 18.1 Å². The molecule has 0 aliphatic carbocycles. The molecule has 0 amide bonds. The van der Waals surface area contributed by atoms with E-state index in [0.717, 1.165) is 9.50 Å². The van der Waals surface area contributed by atoms with Crippen LogP contribution in [0, 0.1) is 0 Å². The molecule has 0 fully saturated rings.